The third kappa shape index (κ3) is 3.47. The van der Waals surface area contributed by atoms with Crippen molar-refractivity contribution in [1.82, 2.24) is 4.90 Å². The molecule has 1 aliphatic carbocycles. The van der Waals surface area contributed by atoms with Crippen molar-refractivity contribution in [2.24, 2.45) is 10.8 Å². The summed E-state index contributed by atoms with van der Waals surface area (Å²) in [4.78, 5) is 14.9. The monoisotopic (exact) mass is 344 g/mol. The van der Waals surface area contributed by atoms with E-state index < -0.39 is 0 Å². The van der Waals surface area contributed by atoms with E-state index in [-0.39, 0.29) is 5.91 Å². The number of hydrogen-bond acceptors (Lipinski definition) is 4. The molecule has 1 saturated heterocycles. The van der Waals surface area contributed by atoms with Crippen molar-refractivity contribution in [2.45, 2.75) is 46.1 Å². The number of fused-ring (bicyclic) bond motifs is 3. The number of ether oxygens (including phenoxy) is 2. The van der Waals surface area contributed by atoms with Crippen LogP contribution in [0.15, 0.2) is 18.2 Å². The molecule has 1 aromatic carbocycles. The van der Waals surface area contributed by atoms with Crippen molar-refractivity contribution < 1.29 is 14.3 Å². The molecule has 2 aliphatic heterocycles. The lowest BCUT2D eigenvalue weighted by atomic mass is 9.65. The van der Waals surface area contributed by atoms with Crippen molar-refractivity contribution in [3.63, 3.8) is 0 Å². The van der Waals surface area contributed by atoms with E-state index in [0.717, 1.165) is 18.0 Å². The molecular formula is C20H28N2O3. The van der Waals surface area contributed by atoms with Gasteiger partial charge in [0, 0.05) is 24.3 Å². The molecule has 0 aromatic heterocycles. The molecule has 0 radical (unpaired) electrons. The highest BCUT2D eigenvalue weighted by Crippen LogP contribution is 2.52. The third-order valence-corrected chi connectivity index (χ3v) is 5.70. The Morgan fingerprint density at radius 3 is 2.76 bits per heavy atom. The summed E-state index contributed by atoms with van der Waals surface area (Å²) < 4.78 is 11.1. The maximum atomic E-state index is 12.6. The van der Waals surface area contributed by atoms with Gasteiger partial charge in [-0.15, -0.1) is 0 Å². The van der Waals surface area contributed by atoms with Crippen LogP contribution < -0.4 is 14.8 Å². The van der Waals surface area contributed by atoms with E-state index in [1.54, 1.807) is 0 Å². The Balaban J connectivity index is 1.40. The molecule has 5 nitrogen and oxygen atoms in total. The smallest absolute Gasteiger partial charge is 0.238 e. The van der Waals surface area contributed by atoms with E-state index in [1.165, 1.54) is 19.3 Å². The second-order valence-corrected chi connectivity index (χ2v) is 9.03. The van der Waals surface area contributed by atoms with Crippen LogP contribution in [0.5, 0.6) is 11.5 Å². The fraction of sp³-hybridized carbons (Fsp3) is 0.650. The zero-order valence-corrected chi connectivity index (χ0v) is 15.4. The highest BCUT2D eigenvalue weighted by Gasteiger charge is 2.49. The van der Waals surface area contributed by atoms with Crippen LogP contribution in [0.2, 0.25) is 0 Å². The first kappa shape index (κ1) is 16.7. The maximum absolute atomic E-state index is 12.6. The van der Waals surface area contributed by atoms with E-state index in [4.69, 9.17) is 9.47 Å². The molecule has 136 valence electrons. The van der Waals surface area contributed by atoms with Crippen molar-refractivity contribution in [3.05, 3.63) is 18.2 Å². The minimum absolute atomic E-state index is 0.0469. The first-order chi connectivity index (χ1) is 11.8. The van der Waals surface area contributed by atoms with E-state index in [1.807, 2.05) is 18.2 Å². The lowest BCUT2D eigenvalue weighted by molar-refractivity contribution is -0.117. The molecular weight excluding hydrogens is 316 g/mol. The Hall–Kier alpha value is -1.75. The zero-order valence-electron chi connectivity index (χ0n) is 15.4. The Kier molecular flexibility index (Phi) is 3.95. The van der Waals surface area contributed by atoms with E-state index in [9.17, 15) is 4.79 Å². The minimum atomic E-state index is 0.0469. The van der Waals surface area contributed by atoms with Crippen LogP contribution in [0.3, 0.4) is 0 Å². The molecule has 4 rings (SSSR count). The van der Waals surface area contributed by atoms with Gasteiger partial charge in [-0.05, 0) is 42.2 Å². The molecule has 1 N–H and O–H groups in total. The molecule has 0 spiro atoms. The number of carbonyl (C=O) groups is 1. The van der Waals surface area contributed by atoms with Crippen LogP contribution in [0.25, 0.3) is 0 Å². The molecule has 5 heteroatoms. The number of amides is 1. The Bertz CT molecular complexity index is 688. The number of rotatable bonds is 3. The fourth-order valence-electron chi connectivity index (χ4n) is 5.27. The summed E-state index contributed by atoms with van der Waals surface area (Å²) in [7, 11) is 0. The van der Waals surface area contributed by atoms with Crippen LogP contribution >= 0.6 is 0 Å². The number of carbonyl (C=O) groups excluding carboxylic acids is 1. The second-order valence-electron chi connectivity index (χ2n) is 9.03. The molecule has 2 bridgehead atoms. The summed E-state index contributed by atoms with van der Waals surface area (Å²) in [6.45, 7) is 9.70. The lowest BCUT2D eigenvalue weighted by Gasteiger charge is -2.39. The number of benzene rings is 1. The van der Waals surface area contributed by atoms with Gasteiger partial charge in [0.1, 0.15) is 13.2 Å². The molecule has 2 heterocycles. The van der Waals surface area contributed by atoms with Crippen molar-refractivity contribution >= 4 is 11.6 Å². The standard InChI is InChI=1S/C20H28N2O3/c1-19(2)9-15-10-20(3,12-19)13-22(15)11-18(23)21-14-4-5-16-17(8-14)25-7-6-24-16/h4-5,8,15H,6-7,9-13H2,1-3H3,(H,21,23)/t15-,20+/m1/s1. The van der Waals surface area contributed by atoms with Gasteiger partial charge >= 0.3 is 0 Å². The van der Waals surface area contributed by atoms with Crippen LogP contribution in [0, 0.1) is 10.8 Å². The third-order valence-electron chi connectivity index (χ3n) is 5.70. The van der Waals surface area contributed by atoms with Gasteiger partial charge in [-0.2, -0.15) is 0 Å². The highest BCUT2D eigenvalue weighted by atomic mass is 16.6. The van der Waals surface area contributed by atoms with Crippen LogP contribution in [0.4, 0.5) is 5.69 Å². The molecule has 2 fully saturated rings. The quantitative estimate of drug-likeness (QED) is 0.914. The number of nitrogens with zero attached hydrogens (tertiary/aromatic N) is 1. The average molecular weight is 344 g/mol. The number of anilines is 1. The van der Waals surface area contributed by atoms with Crippen molar-refractivity contribution in [2.75, 3.05) is 31.6 Å². The van der Waals surface area contributed by atoms with Gasteiger partial charge in [0.2, 0.25) is 5.91 Å². The summed E-state index contributed by atoms with van der Waals surface area (Å²) in [5.74, 6) is 1.49. The Morgan fingerprint density at radius 2 is 1.96 bits per heavy atom. The second kappa shape index (κ2) is 5.90. The van der Waals surface area contributed by atoms with Gasteiger partial charge in [-0.3, -0.25) is 9.69 Å². The Morgan fingerprint density at radius 1 is 1.20 bits per heavy atom. The number of likely N-dealkylation sites (tertiary alicyclic amines) is 1. The predicted molar refractivity (Wildman–Crippen MR) is 97.2 cm³/mol. The minimum Gasteiger partial charge on any atom is -0.486 e. The van der Waals surface area contributed by atoms with E-state index in [0.29, 0.717) is 42.4 Å². The molecule has 1 saturated carbocycles. The molecule has 2 atom stereocenters. The fourth-order valence-corrected chi connectivity index (χ4v) is 5.27. The van der Waals surface area contributed by atoms with Gasteiger partial charge < -0.3 is 14.8 Å². The van der Waals surface area contributed by atoms with Gasteiger partial charge in [0.15, 0.2) is 11.5 Å². The first-order valence-electron chi connectivity index (χ1n) is 9.26. The largest absolute Gasteiger partial charge is 0.486 e. The highest BCUT2D eigenvalue weighted by molar-refractivity contribution is 5.92. The average Bonchev–Trinajstić information content (AvgIpc) is 2.75. The number of nitrogens with one attached hydrogen (secondary N) is 1. The maximum Gasteiger partial charge on any atom is 0.238 e. The summed E-state index contributed by atoms with van der Waals surface area (Å²) >= 11 is 0. The first-order valence-corrected chi connectivity index (χ1v) is 9.26. The summed E-state index contributed by atoms with van der Waals surface area (Å²) in [6, 6.07) is 6.10. The van der Waals surface area contributed by atoms with Crippen molar-refractivity contribution in [3.8, 4) is 11.5 Å². The van der Waals surface area contributed by atoms with Crippen LogP contribution in [-0.2, 0) is 4.79 Å². The Labute approximate surface area is 149 Å². The zero-order chi connectivity index (χ0) is 17.7. The molecule has 3 aliphatic rings. The molecule has 1 amide bonds. The van der Waals surface area contributed by atoms with E-state index >= 15 is 0 Å². The van der Waals surface area contributed by atoms with Crippen LogP contribution in [-0.4, -0.2) is 43.2 Å². The number of hydrogen-bond donors (Lipinski definition) is 1. The van der Waals surface area contributed by atoms with Gasteiger partial charge in [0.05, 0.1) is 6.54 Å². The molecule has 1 aromatic rings. The molecule has 0 unspecified atom stereocenters. The van der Waals surface area contributed by atoms with Gasteiger partial charge in [0.25, 0.3) is 0 Å². The van der Waals surface area contributed by atoms with E-state index in [2.05, 4.69) is 31.0 Å². The predicted octanol–water partition coefficient (Wildman–Crippen LogP) is 3.30. The van der Waals surface area contributed by atoms with Gasteiger partial charge in [-0.25, -0.2) is 0 Å². The summed E-state index contributed by atoms with van der Waals surface area (Å²) in [6.07, 6.45) is 3.64. The topological polar surface area (TPSA) is 50.8 Å². The summed E-state index contributed by atoms with van der Waals surface area (Å²) in [5, 5.41) is 3.02. The normalized spacial score (nSPS) is 30.1. The van der Waals surface area contributed by atoms with Crippen molar-refractivity contribution in [1.29, 1.82) is 0 Å². The lowest BCUT2D eigenvalue weighted by Crippen LogP contribution is -2.38. The SMILES string of the molecule is CC1(C)C[C@@H]2C[C@](C)(CN2CC(=O)Nc2ccc3c(c2)OCCO3)C1. The van der Waals surface area contributed by atoms with Gasteiger partial charge in [-0.1, -0.05) is 20.8 Å². The summed E-state index contributed by atoms with van der Waals surface area (Å²) in [5.41, 5.74) is 1.49. The van der Waals surface area contributed by atoms with Crippen LogP contribution in [0.1, 0.15) is 40.0 Å². The molecule has 25 heavy (non-hydrogen) atoms.